The Morgan fingerprint density at radius 2 is 1.93 bits per heavy atom. The average molecular weight is 394 g/mol. The van der Waals surface area contributed by atoms with Gasteiger partial charge < -0.3 is 21.4 Å². The quantitative estimate of drug-likeness (QED) is 0.489. The highest BCUT2D eigenvalue weighted by Crippen LogP contribution is 2.32. The zero-order valence-corrected chi connectivity index (χ0v) is 15.8. The monoisotopic (exact) mass is 394 g/mol. The molecule has 2 amide bonds. The highest BCUT2D eigenvalue weighted by Gasteiger charge is 2.54. The smallest absolute Gasteiger partial charge is 0.253 e. The Labute approximate surface area is 165 Å². The van der Waals surface area contributed by atoms with Crippen LogP contribution >= 0.6 is 11.8 Å². The SMILES string of the molecule is CSc1ccccc1NC(=O)C1N=CNC1(C(N)=O)c1nc2ccccc2[nH]1. The third kappa shape index (κ3) is 2.80. The van der Waals surface area contributed by atoms with Gasteiger partial charge in [0.15, 0.2) is 6.04 Å². The molecular formula is C19H18N6O2S. The van der Waals surface area contributed by atoms with E-state index in [-0.39, 0.29) is 5.82 Å². The van der Waals surface area contributed by atoms with Crippen molar-refractivity contribution in [1.82, 2.24) is 15.3 Å². The van der Waals surface area contributed by atoms with E-state index >= 15 is 0 Å². The number of carbonyl (C=O) groups excluding carboxylic acids is 2. The number of primary amides is 1. The summed E-state index contributed by atoms with van der Waals surface area (Å²) < 4.78 is 0. The number of H-pyrrole nitrogens is 1. The van der Waals surface area contributed by atoms with E-state index in [4.69, 9.17) is 5.73 Å². The van der Waals surface area contributed by atoms with Crippen LogP contribution in [0.25, 0.3) is 11.0 Å². The molecule has 2 unspecified atom stereocenters. The molecule has 0 saturated carbocycles. The van der Waals surface area contributed by atoms with E-state index in [1.54, 1.807) is 6.07 Å². The van der Waals surface area contributed by atoms with E-state index in [1.165, 1.54) is 18.1 Å². The first-order valence-corrected chi connectivity index (χ1v) is 9.77. The number of fused-ring (bicyclic) bond motifs is 1. The van der Waals surface area contributed by atoms with Crippen LogP contribution in [-0.2, 0) is 15.1 Å². The maximum Gasteiger partial charge on any atom is 0.253 e. The highest BCUT2D eigenvalue weighted by atomic mass is 32.2. The number of aliphatic imine (C=N–C) groups is 1. The Hall–Kier alpha value is -3.33. The number of nitrogens with one attached hydrogen (secondary N) is 3. The van der Waals surface area contributed by atoms with Crippen LogP contribution in [0.5, 0.6) is 0 Å². The molecule has 3 aromatic rings. The van der Waals surface area contributed by atoms with Crippen LogP contribution in [0.2, 0.25) is 0 Å². The molecule has 9 heteroatoms. The summed E-state index contributed by atoms with van der Waals surface area (Å²) in [6.07, 6.45) is 3.24. The molecule has 1 aliphatic rings. The fourth-order valence-electron chi connectivity index (χ4n) is 3.28. The van der Waals surface area contributed by atoms with E-state index in [1.807, 2.05) is 48.7 Å². The Morgan fingerprint density at radius 3 is 2.68 bits per heavy atom. The van der Waals surface area contributed by atoms with Crippen LogP contribution in [0, 0.1) is 0 Å². The van der Waals surface area contributed by atoms with Crippen molar-refractivity contribution in [1.29, 1.82) is 0 Å². The number of carbonyl (C=O) groups is 2. The molecule has 5 N–H and O–H groups in total. The van der Waals surface area contributed by atoms with Crippen molar-refractivity contribution in [2.75, 3.05) is 11.6 Å². The van der Waals surface area contributed by atoms with Crippen LogP contribution in [0.1, 0.15) is 5.82 Å². The van der Waals surface area contributed by atoms with Crippen molar-refractivity contribution in [3.05, 3.63) is 54.4 Å². The minimum Gasteiger partial charge on any atom is -0.367 e. The van der Waals surface area contributed by atoms with Gasteiger partial charge in [-0.2, -0.15) is 0 Å². The summed E-state index contributed by atoms with van der Waals surface area (Å²) in [4.78, 5) is 38.3. The molecule has 2 aromatic carbocycles. The minimum absolute atomic E-state index is 0.247. The molecular weight excluding hydrogens is 376 g/mol. The molecule has 2 atom stereocenters. The van der Waals surface area contributed by atoms with Gasteiger partial charge in [-0.3, -0.25) is 14.6 Å². The van der Waals surface area contributed by atoms with Crippen LogP contribution < -0.4 is 16.4 Å². The molecule has 1 aliphatic heterocycles. The molecule has 0 aliphatic carbocycles. The molecule has 2 heterocycles. The number of para-hydroxylation sites is 3. The topological polar surface area (TPSA) is 125 Å². The van der Waals surface area contributed by atoms with Gasteiger partial charge in [0, 0.05) is 4.90 Å². The fraction of sp³-hybridized carbons (Fsp3) is 0.158. The van der Waals surface area contributed by atoms with Gasteiger partial charge in [-0.05, 0) is 30.5 Å². The summed E-state index contributed by atoms with van der Waals surface area (Å²) >= 11 is 1.51. The van der Waals surface area contributed by atoms with Crippen molar-refractivity contribution in [3.63, 3.8) is 0 Å². The summed E-state index contributed by atoms with van der Waals surface area (Å²) in [6, 6.07) is 13.6. The van der Waals surface area contributed by atoms with Gasteiger partial charge in [0.05, 0.1) is 23.1 Å². The maximum absolute atomic E-state index is 13.1. The zero-order chi connectivity index (χ0) is 19.7. The Morgan fingerprint density at radius 1 is 1.18 bits per heavy atom. The lowest BCUT2D eigenvalue weighted by Crippen LogP contribution is -2.59. The molecule has 8 nitrogen and oxygen atoms in total. The van der Waals surface area contributed by atoms with E-state index < -0.39 is 23.4 Å². The number of hydrogen-bond donors (Lipinski definition) is 4. The predicted octanol–water partition coefficient (Wildman–Crippen LogP) is 1.60. The van der Waals surface area contributed by atoms with Gasteiger partial charge in [-0.25, -0.2) is 4.98 Å². The molecule has 28 heavy (non-hydrogen) atoms. The van der Waals surface area contributed by atoms with Gasteiger partial charge in [-0.15, -0.1) is 11.8 Å². The maximum atomic E-state index is 13.1. The molecule has 0 spiro atoms. The number of rotatable bonds is 5. The van der Waals surface area contributed by atoms with Gasteiger partial charge in [-0.1, -0.05) is 24.3 Å². The Bertz CT molecular complexity index is 1060. The second kappa shape index (κ2) is 7.01. The number of hydrogen-bond acceptors (Lipinski definition) is 6. The Kier molecular flexibility index (Phi) is 4.52. The molecule has 0 radical (unpaired) electrons. The standard InChI is InChI=1S/C19H18N6O2S/c1-28-14-9-5-4-8-13(14)23-16(26)15-19(17(20)27,22-10-21-15)18-24-11-6-2-3-7-12(11)25-18/h2-10,15H,1H3,(H2,20,27)(H,21,22)(H,23,26)(H,24,25). The van der Waals surface area contributed by atoms with Crippen molar-refractivity contribution in [2.24, 2.45) is 10.7 Å². The normalized spacial score (nSPS) is 20.8. The third-order valence-electron chi connectivity index (χ3n) is 4.69. The molecule has 0 bridgehead atoms. The summed E-state index contributed by atoms with van der Waals surface area (Å²) in [6.45, 7) is 0. The molecule has 0 fully saturated rings. The first-order valence-electron chi connectivity index (χ1n) is 8.54. The number of nitrogens with zero attached hydrogens (tertiary/aromatic N) is 2. The van der Waals surface area contributed by atoms with Crippen LogP contribution in [0.3, 0.4) is 0 Å². The van der Waals surface area contributed by atoms with Crippen LogP contribution in [0.15, 0.2) is 58.4 Å². The van der Waals surface area contributed by atoms with Crippen molar-refractivity contribution in [3.8, 4) is 0 Å². The van der Waals surface area contributed by atoms with Crippen LogP contribution in [-0.4, -0.2) is 40.4 Å². The predicted molar refractivity (Wildman–Crippen MR) is 109 cm³/mol. The number of amides is 2. The molecule has 4 rings (SSSR count). The zero-order valence-electron chi connectivity index (χ0n) is 15.0. The summed E-state index contributed by atoms with van der Waals surface area (Å²) in [5.41, 5.74) is 6.18. The third-order valence-corrected chi connectivity index (χ3v) is 5.49. The number of anilines is 1. The average Bonchev–Trinajstić information content (AvgIpc) is 3.33. The first kappa shape index (κ1) is 18.1. The first-order chi connectivity index (χ1) is 13.6. The van der Waals surface area contributed by atoms with Crippen LogP contribution in [0.4, 0.5) is 5.69 Å². The van der Waals surface area contributed by atoms with E-state index in [2.05, 4.69) is 25.6 Å². The number of benzene rings is 2. The number of nitrogens with two attached hydrogens (primary N) is 1. The number of thioether (sulfide) groups is 1. The number of aromatic nitrogens is 2. The Balaban J connectivity index is 1.73. The fourth-order valence-corrected chi connectivity index (χ4v) is 3.83. The second-order valence-electron chi connectivity index (χ2n) is 6.29. The molecule has 142 valence electrons. The number of imidazole rings is 1. The van der Waals surface area contributed by atoms with E-state index in [0.29, 0.717) is 11.2 Å². The van der Waals surface area contributed by atoms with Gasteiger partial charge in [0.2, 0.25) is 5.54 Å². The van der Waals surface area contributed by atoms with Gasteiger partial charge >= 0.3 is 0 Å². The van der Waals surface area contributed by atoms with Crippen molar-refractivity contribution >= 4 is 46.6 Å². The minimum atomic E-state index is -1.60. The second-order valence-corrected chi connectivity index (χ2v) is 7.14. The highest BCUT2D eigenvalue weighted by molar-refractivity contribution is 7.98. The van der Waals surface area contributed by atoms with E-state index in [0.717, 1.165) is 10.4 Å². The summed E-state index contributed by atoms with van der Waals surface area (Å²) in [5.74, 6) is -0.957. The number of aromatic amines is 1. The van der Waals surface area contributed by atoms with Gasteiger partial charge in [0.1, 0.15) is 5.82 Å². The van der Waals surface area contributed by atoms with Crippen molar-refractivity contribution in [2.45, 2.75) is 16.5 Å². The van der Waals surface area contributed by atoms with E-state index in [9.17, 15) is 9.59 Å². The lowest BCUT2D eigenvalue weighted by atomic mass is 9.89. The summed E-state index contributed by atoms with van der Waals surface area (Å²) in [5, 5.41) is 5.72. The largest absolute Gasteiger partial charge is 0.367 e. The lowest BCUT2D eigenvalue weighted by molar-refractivity contribution is -0.129. The molecule has 1 aromatic heterocycles. The molecule has 0 saturated heterocycles. The van der Waals surface area contributed by atoms with Gasteiger partial charge in [0.25, 0.3) is 11.8 Å². The van der Waals surface area contributed by atoms with Crippen molar-refractivity contribution < 1.29 is 9.59 Å². The summed E-state index contributed by atoms with van der Waals surface area (Å²) in [7, 11) is 0. The lowest BCUT2D eigenvalue weighted by Gasteiger charge is -2.28.